The van der Waals surface area contributed by atoms with Crippen molar-refractivity contribution in [1.82, 2.24) is 19.9 Å². The van der Waals surface area contributed by atoms with Crippen LogP contribution in [0.15, 0.2) is 49.1 Å². The van der Waals surface area contributed by atoms with E-state index >= 15 is 0 Å². The molecule has 7 heteroatoms. The number of benzene rings is 1. The zero-order chi connectivity index (χ0) is 18.9. The molecule has 2 aromatic heterocycles. The second-order valence-corrected chi connectivity index (χ2v) is 6.98. The minimum atomic E-state index is -0.201. The third-order valence-corrected chi connectivity index (χ3v) is 5.31. The Labute approximate surface area is 162 Å². The fourth-order valence-electron chi connectivity index (χ4n) is 3.91. The summed E-state index contributed by atoms with van der Waals surface area (Å²) in [5.74, 6) is 1.62. The molecule has 2 aliphatic rings. The number of nitrogens with zero attached hydrogens (tertiary/aromatic N) is 3. The maximum Gasteiger partial charge on any atom is 0.231 e. The van der Waals surface area contributed by atoms with Crippen molar-refractivity contribution in [1.29, 1.82) is 0 Å². The molecule has 1 amide bonds. The molecule has 142 valence electrons. The van der Waals surface area contributed by atoms with E-state index in [1.54, 1.807) is 12.5 Å². The van der Waals surface area contributed by atoms with Gasteiger partial charge in [0.1, 0.15) is 6.04 Å². The van der Waals surface area contributed by atoms with Crippen molar-refractivity contribution >= 4 is 5.91 Å². The molecule has 5 rings (SSSR count). The van der Waals surface area contributed by atoms with Gasteiger partial charge in [0.25, 0.3) is 0 Å². The second-order valence-electron chi connectivity index (χ2n) is 6.98. The number of hydrogen-bond donors (Lipinski definition) is 1. The lowest BCUT2D eigenvalue weighted by molar-refractivity contribution is -0.133. The molecule has 3 aromatic rings. The molecular formula is C21H20N4O3. The summed E-state index contributed by atoms with van der Waals surface area (Å²) in [5, 5.41) is 0. The average Bonchev–Trinajstić information content (AvgIpc) is 3.40. The SMILES string of the molecule is O=C(CCc1ccc2c(c1)OCO2)N1CCc2[nH]cnc2C1c1cccnc1. The molecule has 7 nitrogen and oxygen atoms in total. The standard InChI is InChI=1S/C21H20N4O3/c26-19(6-4-14-3-5-17-18(10-14)28-13-27-17)25-9-7-16-20(24-12-23-16)21(25)15-2-1-8-22-11-15/h1-3,5,8,10-12,21H,4,6-7,9,13H2,(H,23,24). The number of amides is 1. The van der Waals surface area contributed by atoms with Crippen LogP contribution in [0, 0.1) is 0 Å². The molecular weight excluding hydrogens is 356 g/mol. The van der Waals surface area contributed by atoms with Gasteiger partial charge in [-0.2, -0.15) is 0 Å². The topological polar surface area (TPSA) is 80.3 Å². The summed E-state index contributed by atoms with van der Waals surface area (Å²) in [7, 11) is 0. The maximum atomic E-state index is 13.1. The van der Waals surface area contributed by atoms with Crippen LogP contribution in [0.1, 0.15) is 35.0 Å². The van der Waals surface area contributed by atoms with Crippen molar-refractivity contribution in [3.8, 4) is 11.5 Å². The van der Waals surface area contributed by atoms with Crippen molar-refractivity contribution in [3.63, 3.8) is 0 Å². The minimum Gasteiger partial charge on any atom is -0.454 e. The first kappa shape index (κ1) is 16.8. The number of rotatable bonds is 4. The monoisotopic (exact) mass is 376 g/mol. The van der Waals surface area contributed by atoms with Crippen LogP contribution in [0.3, 0.4) is 0 Å². The Morgan fingerprint density at radius 1 is 1.25 bits per heavy atom. The van der Waals surface area contributed by atoms with Crippen LogP contribution in [0.25, 0.3) is 0 Å². The smallest absolute Gasteiger partial charge is 0.231 e. The van der Waals surface area contributed by atoms with Gasteiger partial charge in [0.05, 0.1) is 12.0 Å². The maximum absolute atomic E-state index is 13.1. The first-order valence-electron chi connectivity index (χ1n) is 9.39. The third-order valence-electron chi connectivity index (χ3n) is 5.31. The number of imidazole rings is 1. The van der Waals surface area contributed by atoms with Crippen LogP contribution in [-0.4, -0.2) is 39.1 Å². The first-order chi connectivity index (χ1) is 13.8. The highest BCUT2D eigenvalue weighted by Crippen LogP contribution is 2.35. The molecule has 0 saturated carbocycles. The van der Waals surface area contributed by atoms with E-state index in [1.807, 2.05) is 41.4 Å². The van der Waals surface area contributed by atoms with Crippen LogP contribution in [-0.2, 0) is 17.6 Å². The molecule has 0 fully saturated rings. The van der Waals surface area contributed by atoms with Gasteiger partial charge < -0.3 is 19.4 Å². The van der Waals surface area contributed by atoms with Gasteiger partial charge in [0, 0.05) is 37.5 Å². The van der Waals surface area contributed by atoms with Gasteiger partial charge in [-0.15, -0.1) is 0 Å². The Balaban J connectivity index is 1.36. The molecule has 1 atom stereocenters. The summed E-state index contributed by atoms with van der Waals surface area (Å²) in [6.07, 6.45) is 7.11. The molecule has 0 radical (unpaired) electrons. The summed E-state index contributed by atoms with van der Waals surface area (Å²) in [5.41, 5.74) is 4.05. The van der Waals surface area contributed by atoms with Gasteiger partial charge in [-0.05, 0) is 35.7 Å². The van der Waals surface area contributed by atoms with Gasteiger partial charge in [-0.25, -0.2) is 4.98 Å². The molecule has 1 N–H and O–H groups in total. The lowest BCUT2D eigenvalue weighted by Crippen LogP contribution is -2.40. The summed E-state index contributed by atoms with van der Waals surface area (Å²) < 4.78 is 10.8. The van der Waals surface area contributed by atoms with Gasteiger partial charge in [-0.1, -0.05) is 12.1 Å². The molecule has 28 heavy (non-hydrogen) atoms. The van der Waals surface area contributed by atoms with Crippen molar-refractivity contribution in [2.75, 3.05) is 13.3 Å². The lowest BCUT2D eigenvalue weighted by atomic mass is 9.96. The Kier molecular flexibility index (Phi) is 4.20. The number of H-pyrrole nitrogens is 1. The Hall–Kier alpha value is -3.35. The summed E-state index contributed by atoms with van der Waals surface area (Å²) in [6.45, 7) is 0.916. The predicted octanol–water partition coefficient (Wildman–Crippen LogP) is 2.64. The summed E-state index contributed by atoms with van der Waals surface area (Å²) >= 11 is 0. The van der Waals surface area contributed by atoms with E-state index in [0.29, 0.717) is 19.4 Å². The quantitative estimate of drug-likeness (QED) is 0.757. The number of aromatic nitrogens is 3. The van der Waals surface area contributed by atoms with E-state index in [2.05, 4.69) is 15.0 Å². The van der Waals surface area contributed by atoms with Gasteiger partial charge in [0.15, 0.2) is 11.5 Å². The van der Waals surface area contributed by atoms with Crippen molar-refractivity contribution in [2.24, 2.45) is 0 Å². The first-order valence-corrected chi connectivity index (χ1v) is 9.39. The number of fused-ring (bicyclic) bond motifs is 2. The number of ether oxygens (including phenoxy) is 2. The summed E-state index contributed by atoms with van der Waals surface area (Å²) in [4.78, 5) is 27.0. The largest absolute Gasteiger partial charge is 0.454 e. The number of pyridine rings is 1. The van der Waals surface area contributed by atoms with E-state index in [9.17, 15) is 4.79 Å². The molecule has 1 unspecified atom stereocenters. The number of aromatic amines is 1. The highest BCUT2D eigenvalue weighted by molar-refractivity contribution is 5.78. The highest BCUT2D eigenvalue weighted by Gasteiger charge is 2.33. The number of hydrogen-bond acceptors (Lipinski definition) is 5. The fourth-order valence-corrected chi connectivity index (χ4v) is 3.91. The zero-order valence-corrected chi connectivity index (χ0v) is 15.3. The summed E-state index contributed by atoms with van der Waals surface area (Å²) in [6, 6.07) is 9.54. The van der Waals surface area contributed by atoms with Crippen LogP contribution >= 0.6 is 0 Å². The molecule has 4 heterocycles. The molecule has 1 aromatic carbocycles. The van der Waals surface area contributed by atoms with Crippen molar-refractivity contribution in [2.45, 2.75) is 25.3 Å². The fraction of sp³-hybridized carbons (Fsp3) is 0.286. The number of carbonyl (C=O) groups excluding carboxylic acids is 1. The number of aryl methyl sites for hydroxylation is 1. The van der Waals surface area contributed by atoms with Crippen molar-refractivity contribution < 1.29 is 14.3 Å². The van der Waals surface area contributed by atoms with E-state index in [-0.39, 0.29) is 18.7 Å². The Morgan fingerprint density at radius 3 is 3.07 bits per heavy atom. The van der Waals surface area contributed by atoms with Crippen LogP contribution < -0.4 is 9.47 Å². The Bertz CT molecular complexity index is 1000. The predicted molar refractivity (Wildman–Crippen MR) is 101 cm³/mol. The van der Waals surface area contributed by atoms with E-state index in [1.165, 1.54) is 0 Å². The van der Waals surface area contributed by atoms with Crippen LogP contribution in [0.4, 0.5) is 0 Å². The van der Waals surface area contributed by atoms with E-state index in [4.69, 9.17) is 9.47 Å². The van der Waals surface area contributed by atoms with Crippen molar-refractivity contribution in [3.05, 3.63) is 71.6 Å². The normalized spacial score (nSPS) is 17.4. The van der Waals surface area contributed by atoms with Crippen LogP contribution in [0.2, 0.25) is 0 Å². The van der Waals surface area contributed by atoms with E-state index in [0.717, 1.165) is 40.4 Å². The van der Waals surface area contributed by atoms with Gasteiger partial charge >= 0.3 is 0 Å². The van der Waals surface area contributed by atoms with E-state index < -0.39 is 0 Å². The molecule has 0 bridgehead atoms. The van der Waals surface area contributed by atoms with Gasteiger partial charge in [-0.3, -0.25) is 9.78 Å². The molecule has 0 aliphatic carbocycles. The van der Waals surface area contributed by atoms with Gasteiger partial charge in [0.2, 0.25) is 12.7 Å². The Morgan fingerprint density at radius 2 is 2.18 bits per heavy atom. The second kappa shape index (κ2) is 6.99. The number of carbonyl (C=O) groups is 1. The third kappa shape index (κ3) is 2.98. The van der Waals surface area contributed by atoms with Crippen LogP contribution in [0.5, 0.6) is 11.5 Å². The average molecular weight is 376 g/mol. The minimum absolute atomic E-state index is 0.111. The molecule has 0 saturated heterocycles. The number of nitrogens with one attached hydrogen (secondary N) is 1. The highest BCUT2D eigenvalue weighted by atomic mass is 16.7. The lowest BCUT2D eigenvalue weighted by Gasteiger charge is -2.35. The molecule has 2 aliphatic heterocycles. The zero-order valence-electron chi connectivity index (χ0n) is 15.3. The molecule has 0 spiro atoms.